The van der Waals surface area contributed by atoms with Crippen LogP contribution in [0.5, 0.6) is 5.75 Å². The highest BCUT2D eigenvalue weighted by Gasteiger charge is 2.23. The third-order valence-corrected chi connectivity index (χ3v) is 5.15. The second-order valence-corrected chi connectivity index (χ2v) is 7.67. The molecule has 132 valence electrons. The van der Waals surface area contributed by atoms with Crippen LogP contribution in [0.15, 0.2) is 33.7 Å². The van der Waals surface area contributed by atoms with E-state index in [1.807, 2.05) is 38.1 Å². The molecule has 0 aliphatic rings. The lowest BCUT2D eigenvalue weighted by Crippen LogP contribution is -2.26. The van der Waals surface area contributed by atoms with E-state index in [9.17, 15) is 8.42 Å². The van der Waals surface area contributed by atoms with Gasteiger partial charge in [0.2, 0.25) is 10.0 Å². The van der Waals surface area contributed by atoms with Crippen molar-refractivity contribution in [3.63, 3.8) is 0 Å². The fourth-order valence-corrected chi connectivity index (χ4v) is 3.88. The van der Waals surface area contributed by atoms with Crippen molar-refractivity contribution in [2.75, 3.05) is 6.54 Å². The summed E-state index contributed by atoms with van der Waals surface area (Å²) in [4.78, 5) is 0.134. The Morgan fingerprint density at radius 2 is 2.04 bits per heavy atom. The fraction of sp³-hybridized carbons (Fsp3) is 0.471. The molecule has 6 nitrogen and oxygen atoms in total. The summed E-state index contributed by atoms with van der Waals surface area (Å²) in [6.45, 7) is 7.52. The van der Waals surface area contributed by atoms with E-state index in [2.05, 4.69) is 9.88 Å². The highest BCUT2D eigenvalue weighted by atomic mass is 32.2. The molecule has 0 amide bonds. The number of nitrogens with zero attached hydrogens (tertiary/aromatic N) is 1. The van der Waals surface area contributed by atoms with E-state index in [4.69, 9.17) is 9.26 Å². The molecule has 2 rings (SSSR count). The number of nitrogens with one attached hydrogen (secondary N) is 1. The van der Waals surface area contributed by atoms with Crippen molar-refractivity contribution in [1.82, 2.24) is 9.88 Å². The van der Waals surface area contributed by atoms with Crippen molar-refractivity contribution in [3.05, 3.63) is 41.3 Å². The number of hydrogen-bond donors (Lipinski definition) is 1. The molecule has 1 heterocycles. The van der Waals surface area contributed by atoms with Gasteiger partial charge in [-0.2, -0.15) is 0 Å². The van der Waals surface area contributed by atoms with Gasteiger partial charge in [0.15, 0.2) is 5.76 Å². The second-order valence-electron chi connectivity index (χ2n) is 5.97. The molecule has 1 aromatic carbocycles. The van der Waals surface area contributed by atoms with Gasteiger partial charge in [0.25, 0.3) is 0 Å². The molecule has 0 saturated heterocycles. The summed E-state index contributed by atoms with van der Waals surface area (Å²) in [6, 6.07) is 7.86. The zero-order chi connectivity index (χ0) is 17.7. The van der Waals surface area contributed by atoms with Crippen LogP contribution in [0.1, 0.15) is 37.3 Å². The first-order valence-electron chi connectivity index (χ1n) is 7.97. The molecule has 0 radical (unpaired) electrons. The molecule has 1 N–H and O–H groups in total. The number of hydrogen-bond acceptors (Lipinski definition) is 5. The number of benzene rings is 1. The first kappa shape index (κ1) is 18.5. The minimum atomic E-state index is -3.59. The molecule has 0 fully saturated rings. The molecule has 0 saturated carbocycles. The van der Waals surface area contributed by atoms with E-state index in [0.29, 0.717) is 24.4 Å². The van der Waals surface area contributed by atoms with Gasteiger partial charge in [-0.05, 0) is 58.2 Å². The van der Waals surface area contributed by atoms with Gasteiger partial charge in [-0.15, -0.1) is 0 Å². The average molecular weight is 352 g/mol. The molecule has 7 heteroatoms. The Hall–Kier alpha value is -1.86. The molecule has 24 heavy (non-hydrogen) atoms. The number of ether oxygens (including phenoxy) is 1. The van der Waals surface area contributed by atoms with Crippen LogP contribution in [-0.4, -0.2) is 26.2 Å². The van der Waals surface area contributed by atoms with Gasteiger partial charge in [0, 0.05) is 6.54 Å². The smallest absolute Gasteiger partial charge is 0.245 e. The molecule has 0 atom stereocenters. The summed E-state index contributed by atoms with van der Waals surface area (Å²) in [5.41, 5.74) is 1.49. The monoisotopic (exact) mass is 352 g/mol. The molecular weight excluding hydrogens is 328 g/mol. The summed E-state index contributed by atoms with van der Waals surface area (Å²) in [6.07, 6.45) is 1.58. The minimum Gasteiger partial charge on any atom is -0.491 e. The van der Waals surface area contributed by atoms with Gasteiger partial charge in [-0.1, -0.05) is 17.3 Å². The van der Waals surface area contributed by atoms with Crippen LogP contribution in [0.2, 0.25) is 0 Å². The van der Waals surface area contributed by atoms with Gasteiger partial charge in [0.05, 0.1) is 6.10 Å². The van der Waals surface area contributed by atoms with Gasteiger partial charge < -0.3 is 9.26 Å². The van der Waals surface area contributed by atoms with E-state index < -0.39 is 10.0 Å². The molecule has 0 aliphatic heterocycles. The Labute approximate surface area is 143 Å². The van der Waals surface area contributed by atoms with Crippen molar-refractivity contribution in [2.45, 2.75) is 51.5 Å². The van der Waals surface area contributed by atoms with E-state index in [1.165, 1.54) is 0 Å². The summed E-state index contributed by atoms with van der Waals surface area (Å²) < 4.78 is 37.8. The predicted octanol–water partition coefficient (Wildman–Crippen LogP) is 2.99. The Morgan fingerprint density at radius 3 is 2.67 bits per heavy atom. The minimum absolute atomic E-state index is 0.127. The van der Waals surface area contributed by atoms with Crippen LogP contribution < -0.4 is 9.46 Å². The fourth-order valence-electron chi connectivity index (χ4n) is 2.48. The number of rotatable bonds is 8. The third-order valence-electron chi connectivity index (χ3n) is 3.44. The summed E-state index contributed by atoms with van der Waals surface area (Å²) >= 11 is 0. The first-order chi connectivity index (χ1) is 11.3. The standard InChI is InChI=1S/C17H24N2O4S/c1-12(2)22-16-9-5-7-15(11-16)8-6-10-18-24(20,21)17-13(3)19-23-14(17)4/h5,7,9,11-12,18H,6,8,10H2,1-4H3. The lowest BCUT2D eigenvalue weighted by molar-refractivity contribution is 0.242. The van der Waals surface area contributed by atoms with Gasteiger partial charge in [-0.3, -0.25) is 0 Å². The molecule has 2 aromatic rings. The van der Waals surface area contributed by atoms with Gasteiger partial charge in [-0.25, -0.2) is 13.1 Å². The van der Waals surface area contributed by atoms with Crippen LogP contribution in [0.4, 0.5) is 0 Å². The quantitative estimate of drug-likeness (QED) is 0.739. The van der Waals surface area contributed by atoms with E-state index in [-0.39, 0.29) is 11.0 Å². The first-order valence-corrected chi connectivity index (χ1v) is 9.46. The zero-order valence-electron chi connectivity index (χ0n) is 14.5. The van der Waals surface area contributed by atoms with Crippen LogP contribution in [0, 0.1) is 13.8 Å². The number of aromatic nitrogens is 1. The maximum Gasteiger partial charge on any atom is 0.245 e. The van der Waals surface area contributed by atoms with Crippen molar-refractivity contribution >= 4 is 10.0 Å². The van der Waals surface area contributed by atoms with E-state index >= 15 is 0 Å². The van der Waals surface area contributed by atoms with E-state index in [1.54, 1.807) is 13.8 Å². The lowest BCUT2D eigenvalue weighted by Gasteiger charge is -2.11. The van der Waals surface area contributed by atoms with Crippen LogP contribution >= 0.6 is 0 Å². The van der Waals surface area contributed by atoms with Crippen molar-refractivity contribution < 1.29 is 17.7 Å². The SMILES string of the molecule is Cc1noc(C)c1S(=O)(=O)NCCCc1cccc(OC(C)C)c1. The average Bonchev–Trinajstić information content (AvgIpc) is 2.83. The highest BCUT2D eigenvalue weighted by molar-refractivity contribution is 7.89. The molecule has 0 bridgehead atoms. The maximum atomic E-state index is 12.3. The van der Waals surface area contributed by atoms with Crippen molar-refractivity contribution in [1.29, 1.82) is 0 Å². The lowest BCUT2D eigenvalue weighted by atomic mass is 10.1. The molecular formula is C17H24N2O4S. The molecule has 0 spiro atoms. The highest BCUT2D eigenvalue weighted by Crippen LogP contribution is 2.19. The summed E-state index contributed by atoms with van der Waals surface area (Å²) in [5.74, 6) is 1.14. The second kappa shape index (κ2) is 7.81. The van der Waals surface area contributed by atoms with Crippen LogP contribution in [0.25, 0.3) is 0 Å². The molecule has 1 aromatic heterocycles. The third kappa shape index (κ3) is 4.82. The van der Waals surface area contributed by atoms with Crippen LogP contribution in [0.3, 0.4) is 0 Å². The molecule has 0 aliphatic carbocycles. The maximum absolute atomic E-state index is 12.3. The topological polar surface area (TPSA) is 81.4 Å². The Morgan fingerprint density at radius 1 is 1.29 bits per heavy atom. The van der Waals surface area contributed by atoms with Crippen LogP contribution in [-0.2, 0) is 16.4 Å². The Bertz CT molecular complexity index is 762. The van der Waals surface area contributed by atoms with Gasteiger partial charge in [0.1, 0.15) is 16.3 Å². The molecule has 0 unspecified atom stereocenters. The Balaban J connectivity index is 1.89. The number of sulfonamides is 1. The largest absolute Gasteiger partial charge is 0.491 e. The van der Waals surface area contributed by atoms with E-state index in [0.717, 1.165) is 17.7 Å². The predicted molar refractivity (Wildman–Crippen MR) is 91.7 cm³/mol. The Kier molecular flexibility index (Phi) is 6.01. The zero-order valence-corrected chi connectivity index (χ0v) is 15.3. The summed E-state index contributed by atoms with van der Waals surface area (Å²) in [7, 11) is -3.59. The van der Waals surface area contributed by atoms with Crippen molar-refractivity contribution in [2.24, 2.45) is 0 Å². The number of aryl methyl sites for hydroxylation is 3. The summed E-state index contributed by atoms with van der Waals surface area (Å²) in [5, 5.41) is 3.68. The normalized spacial score (nSPS) is 11.9. The van der Waals surface area contributed by atoms with Crippen molar-refractivity contribution in [3.8, 4) is 5.75 Å². The van der Waals surface area contributed by atoms with Gasteiger partial charge >= 0.3 is 0 Å².